The molecule has 2 aromatic rings. The summed E-state index contributed by atoms with van der Waals surface area (Å²) in [6, 6.07) is 13.8. The van der Waals surface area contributed by atoms with Gasteiger partial charge >= 0.3 is 0 Å². The van der Waals surface area contributed by atoms with Crippen LogP contribution >= 0.6 is 11.6 Å². The highest BCUT2D eigenvalue weighted by molar-refractivity contribution is 6.30. The number of hydrogen-bond acceptors (Lipinski definition) is 2. The lowest BCUT2D eigenvalue weighted by Crippen LogP contribution is -2.29. The van der Waals surface area contributed by atoms with Crippen molar-refractivity contribution in [3.05, 3.63) is 64.2 Å². The molecule has 0 aliphatic carbocycles. The van der Waals surface area contributed by atoms with E-state index in [0.717, 1.165) is 24.1 Å². The monoisotopic (exact) mass is 330 g/mol. The summed E-state index contributed by atoms with van der Waals surface area (Å²) in [7, 11) is 0. The molecule has 23 heavy (non-hydrogen) atoms. The van der Waals surface area contributed by atoms with Crippen LogP contribution in [0.15, 0.2) is 42.5 Å². The molecule has 0 bridgehead atoms. The van der Waals surface area contributed by atoms with Crippen LogP contribution in [0.5, 0.6) is 0 Å². The molecule has 122 valence electrons. The molecule has 0 aliphatic rings. The predicted molar refractivity (Wildman–Crippen MR) is 97.0 cm³/mol. The summed E-state index contributed by atoms with van der Waals surface area (Å²) in [4.78, 5) is 12.1. The molecule has 0 aromatic heterocycles. The largest absolute Gasteiger partial charge is 0.376 e. The zero-order valence-corrected chi connectivity index (χ0v) is 14.4. The zero-order valence-electron chi connectivity index (χ0n) is 13.7. The standard InChI is InChI=1S/C19H23ClN2O/c1-3-15-6-5-7-16(4-2)19(15)22-13-18(23)21-12-14-8-10-17(20)11-9-14/h5-11,22H,3-4,12-13H2,1-2H3,(H,21,23). The number of rotatable bonds is 7. The fourth-order valence-corrected chi connectivity index (χ4v) is 2.63. The van der Waals surface area contributed by atoms with Gasteiger partial charge in [-0.1, -0.05) is 55.8 Å². The molecule has 0 atom stereocenters. The van der Waals surface area contributed by atoms with E-state index in [-0.39, 0.29) is 12.5 Å². The molecule has 0 heterocycles. The topological polar surface area (TPSA) is 41.1 Å². The van der Waals surface area contributed by atoms with E-state index < -0.39 is 0 Å². The van der Waals surface area contributed by atoms with Crippen LogP contribution in [0, 0.1) is 0 Å². The number of benzene rings is 2. The van der Waals surface area contributed by atoms with Gasteiger partial charge in [0.25, 0.3) is 0 Å². The first-order chi connectivity index (χ1) is 11.1. The fraction of sp³-hybridized carbons (Fsp3) is 0.316. The van der Waals surface area contributed by atoms with Crippen molar-refractivity contribution in [1.82, 2.24) is 5.32 Å². The van der Waals surface area contributed by atoms with Gasteiger partial charge in [0, 0.05) is 17.3 Å². The van der Waals surface area contributed by atoms with Crippen molar-refractivity contribution in [2.45, 2.75) is 33.2 Å². The number of nitrogens with one attached hydrogen (secondary N) is 2. The van der Waals surface area contributed by atoms with Crippen LogP contribution in [0.1, 0.15) is 30.5 Å². The second kappa shape index (κ2) is 8.59. The summed E-state index contributed by atoms with van der Waals surface area (Å²) in [5, 5.41) is 6.91. The second-order valence-electron chi connectivity index (χ2n) is 5.42. The van der Waals surface area contributed by atoms with Gasteiger partial charge in [-0.25, -0.2) is 0 Å². The molecular formula is C19H23ClN2O. The van der Waals surface area contributed by atoms with E-state index in [1.165, 1.54) is 11.1 Å². The third kappa shape index (κ3) is 5.00. The van der Waals surface area contributed by atoms with Crippen molar-refractivity contribution in [1.29, 1.82) is 0 Å². The second-order valence-corrected chi connectivity index (χ2v) is 5.85. The number of anilines is 1. The first kappa shape index (κ1) is 17.4. The van der Waals surface area contributed by atoms with Crippen molar-refractivity contribution in [2.24, 2.45) is 0 Å². The highest BCUT2D eigenvalue weighted by atomic mass is 35.5. The van der Waals surface area contributed by atoms with Crippen LogP contribution in [0.4, 0.5) is 5.69 Å². The van der Waals surface area contributed by atoms with Crippen molar-refractivity contribution in [3.63, 3.8) is 0 Å². The number of carbonyl (C=O) groups excluding carboxylic acids is 1. The molecule has 0 radical (unpaired) electrons. The van der Waals surface area contributed by atoms with Crippen LogP contribution in [0.2, 0.25) is 5.02 Å². The van der Waals surface area contributed by atoms with Gasteiger partial charge in [-0.2, -0.15) is 0 Å². The summed E-state index contributed by atoms with van der Waals surface area (Å²) < 4.78 is 0. The maximum atomic E-state index is 12.1. The van der Waals surface area contributed by atoms with Gasteiger partial charge in [-0.15, -0.1) is 0 Å². The summed E-state index contributed by atoms with van der Waals surface area (Å²) in [6.07, 6.45) is 1.89. The molecule has 1 amide bonds. The third-order valence-electron chi connectivity index (χ3n) is 3.83. The molecule has 2 N–H and O–H groups in total. The summed E-state index contributed by atoms with van der Waals surface area (Å²) in [6.45, 7) is 5.03. The van der Waals surface area contributed by atoms with E-state index in [4.69, 9.17) is 11.6 Å². The van der Waals surface area contributed by atoms with E-state index >= 15 is 0 Å². The van der Waals surface area contributed by atoms with E-state index in [1.54, 1.807) is 0 Å². The van der Waals surface area contributed by atoms with Crippen LogP contribution in [0.3, 0.4) is 0 Å². The van der Waals surface area contributed by atoms with E-state index in [0.29, 0.717) is 11.6 Å². The highest BCUT2D eigenvalue weighted by Crippen LogP contribution is 2.22. The average molecular weight is 331 g/mol. The van der Waals surface area contributed by atoms with E-state index in [1.807, 2.05) is 24.3 Å². The molecule has 0 unspecified atom stereocenters. The number of amides is 1. The Morgan fingerprint density at radius 1 is 1.00 bits per heavy atom. The summed E-state index contributed by atoms with van der Waals surface area (Å²) in [5.74, 6) is -0.0205. The number of hydrogen-bond donors (Lipinski definition) is 2. The third-order valence-corrected chi connectivity index (χ3v) is 4.08. The maximum absolute atomic E-state index is 12.1. The Hall–Kier alpha value is -2.00. The lowest BCUT2D eigenvalue weighted by molar-refractivity contribution is -0.119. The Kier molecular flexibility index (Phi) is 6.48. The Morgan fingerprint density at radius 2 is 1.61 bits per heavy atom. The minimum absolute atomic E-state index is 0.0205. The quantitative estimate of drug-likeness (QED) is 0.799. The van der Waals surface area contributed by atoms with E-state index in [2.05, 4.69) is 42.7 Å². The Labute approximate surface area is 143 Å². The number of aryl methyl sites for hydroxylation is 2. The Bertz CT molecular complexity index is 631. The van der Waals surface area contributed by atoms with Gasteiger partial charge in [0.2, 0.25) is 5.91 Å². The zero-order chi connectivity index (χ0) is 16.7. The fourth-order valence-electron chi connectivity index (χ4n) is 2.50. The molecule has 2 aromatic carbocycles. The Balaban J connectivity index is 1.90. The molecule has 0 spiro atoms. The molecular weight excluding hydrogens is 308 g/mol. The minimum Gasteiger partial charge on any atom is -0.376 e. The van der Waals surface area contributed by atoms with Crippen molar-refractivity contribution >= 4 is 23.2 Å². The molecule has 0 aliphatic heterocycles. The average Bonchev–Trinajstić information content (AvgIpc) is 2.59. The van der Waals surface area contributed by atoms with E-state index in [9.17, 15) is 4.79 Å². The lowest BCUT2D eigenvalue weighted by atomic mass is 10.0. The first-order valence-corrected chi connectivity index (χ1v) is 8.37. The van der Waals surface area contributed by atoms with Gasteiger partial charge in [0.15, 0.2) is 0 Å². The first-order valence-electron chi connectivity index (χ1n) is 7.99. The van der Waals surface area contributed by atoms with Gasteiger partial charge in [0.1, 0.15) is 0 Å². The molecule has 2 rings (SSSR count). The molecule has 3 nitrogen and oxygen atoms in total. The maximum Gasteiger partial charge on any atom is 0.239 e. The lowest BCUT2D eigenvalue weighted by Gasteiger charge is -2.15. The van der Waals surface area contributed by atoms with Crippen molar-refractivity contribution in [2.75, 3.05) is 11.9 Å². The molecule has 0 saturated carbocycles. The smallest absolute Gasteiger partial charge is 0.239 e. The minimum atomic E-state index is -0.0205. The van der Waals surface area contributed by atoms with Crippen molar-refractivity contribution < 1.29 is 4.79 Å². The van der Waals surface area contributed by atoms with Gasteiger partial charge in [-0.3, -0.25) is 4.79 Å². The predicted octanol–water partition coefficient (Wildman–Crippen LogP) is 4.19. The van der Waals surface area contributed by atoms with Crippen LogP contribution < -0.4 is 10.6 Å². The number of para-hydroxylation sites is 1. The summed E-state index contributed by atoms with van der Waals surface area (Å²) >= 11 is 5.85. The van der Waals surface area contributed by atoms with Gasteiger partial charge < -0.3 is 10.6 Å². The molecule has 0 fully saturated rings. The highest BCUT2D eigenvalue weighted by Gasteiger charge is 2.08. The SMILES string of the molecule is CCc1cccc(CC)c1NCC(=O)NCc1ccc(Cl)cc1. The molecule has 4 heteroatoms. The van der Waals surface area contributed by atoms with Gasteiger partial charge in [0.05, 0.1) is 6.54 Å². The summed E-state index contributed by atoms with van der Waals surface area (Å²) in [5.41, 5.74) is 4.62. The normalized spacial score (nSPS) is 10.4. The van der Waals surface area contributed by atoms with Crippen LogP contribution in [0.25, 0.3) is 0 Å². The van der Waals surface area contributed by atoms with Gasteiger partial charge in [-0.05, 0) is 41.7 Å². The van der Waals surface area contributed by atoms with Crippen LogP contribution in [-0.2, 0) is 24.2 Å². The van der Waals surface area contributed by atoms with Crippen LogP contribution in [-0.4, -0.2) is 12.5 Å². The van der Waals surface area contributed by atoms with Crippen molar-refractivity contribution in [3.8, 4) is 0 Å². The number of carbonyl (C=O) groups is 1. The number of halogens is 1. The molecule has 0 saturated heterocycles. The Morgan fingerprint density at radius 3 is 2.17 bits per heavy atom.